The van der Waals surface area contributed by atoms with Gasteiger partial charge in [-0.15, -0.1) is 0 Å². The van der Waals surface area contributed by atoms with Gasteiger partial charge in [-0.05, 0) is 30.5 Å². The van der Waals surface area contributed by atoms with Crippen LogP contribution in [0.25, 0.3) is 11.1 Å². The lowest BCUT2D eigenvalue weighted by atomic mass is 10.1. The topological polar surface area (TPSA) is 25.8 Å². The van der Waals surface area contributed by atoms with Crippen molar-refractivity contribution in [2.24, 2.45) is 0 Å². The zero-order valence-corrected chi connectivity index (χ0v) is 10.8. The Morgan fingerprint density at radius 1 is 1.00 bits per heavy atom. The van der Waals surface area contributed by atoms with E-state index in [0.717, 1.165) is 12.8 Å². The molecule has 0 amide bonds. The molecule has 3 rings (SSSR count). The zero-order chi connectivity index (χ0) is 12.7. The van der Waals surface area contributed by atoms with E-state index in [1.165, 1.54) is 12.1 Å². The molecule has 0 saturated heterocycles. The van der Waals surface area contributed by atoms with Crippen LogP contribution in [0.2, 0.25) is 10.3 Å². The monoisotopic (exact) mass is 282 g/mol. The van der Waals surface area contributed by atoms with Gasteiger partial charge in [-0.2, -0.15) is 0 Å². The average Bonchev–Trinajstić information content (AvgIpc) is 3.14. The number of halogens is 3. The Morgan fingerprint density at radius 2 is 1.56 bits per heavy atom. The quantitative estimate of drug-likeness (QED) is 0.760. The molecule has 2 aromatic rings. The highest BCUT2D eigenvalue weighted by atomic mass is 35.5. The summed E-state index contributed by atoms with van der Waals surface area (Å²) >= 11 is 12.3. The molecular formula is C13H9Cl2FN2. The van der Waals surface area contributed by atoms with Crippen molar-refractivity contribution in [3.63, 3.8) is 0 Å². The van der Waals surface area contributed by atoms with Gasteiger partial charge in [0.25, 0.3) is 0 Å². The van der Waals surface area contributed by atoms with E-state index in [1.807, 2.05) is 0 Å². The third-order valence-corrected chi connectivity index (χ3v) is 3.46. The number of aromatic nitrogens is 2. The van der Waals surface area contributed by atoms with Gasteiger partial charge in [-0.1, -0.05) is 35.3 Å². The van der Waals surface area contributed by atoms with Crippen LogP contribution in [-0.4, -0.2) is 9.97 Å². The van der Waals surface area contributed by atoms with Crippen molar-refractivity contribution in [1.82, 2.24) is 9.97 Å². The first-order valence-corrected chi connectivity index (χ1v) is 6.39. The lowest BCUT2D eigenvalue weighted by Crippen LogP contribution is -1.96. The largest absolute Gasteiger partial charge is 0.220 e. The number of hydrogen-bond acceptors (Lipinski definition) is 2. The number of benzene rings is 1. The predicted octanol–water partition coefficient (Wildman–Crippen LogP) is 4.47. The molecule has 1 aromatic carbocycles. The normalized spacial score (nSPS) is 14.8. The molecule has 1 aromatic heterocycles. The summed E-state index contributed by atoms with van der Waals surface area (Å²) in [6.07, 6.45) is 2.17. The molecule has 0 atom stereocenters. The average molecular weight is 283 g/mol. The highest BCUT2D eigenvalue weighted by Gasteiger charge is 2.28. The van der Waals surface area contributed by atoms with E-state index in [0.29, 0.717) is 33.2 Å². The van der Waals surface area contributed by atoms with Crippen molar-refractivity contribution >= 4 is 23.2 Å². The first-order chi connectivity index (χ1) is 8.65. The van der Waals surface area contributed by atoms with E-state index in [1.54, 1.807) is 12.1 Å². The van der Waals surface area contributed by atoms with Gasteiger partial charge in [0, 0.05) is 5.92 Å². The van der Waals surface area contributed by atoms with Gasteiger partial charge in [-0.25, -0.2) is 14.4 Å². The summed E-state index contributed by atoms with van der Waals surface area (Å²) in [5.74, 6) is 0.791. The van der Waals surface area contributed by atoms with Crippen LogP contribution in [0.5, 0.6) is 0 Å². The molecule has 1 saturated carbocycles. The molecule has 2 nitrogen and oxygen atoms in total. The van der Waals surface area contributed by atoms with E-state index in [9.17, 15) is 4.39 Å². The Hall–Kier alpha value is -1.19. The van der Waals surface area contributed by atoms with Crippen molar-refractivity contribution in [2.75, 3.05) is 0 Å². The van der Waals surface area contributed by atoms with Crippen LogP contribution in [0, 0.1) is 5.82 Å². The van der Waals surface area contributed by atoms with Crippen LogP contribution in [-0.2, 0) is 0 Å². The van der Waals surface area contributed by atoms with Gasteiger partial charge >= 0.3 is 0 Å². The van der Waals surface area contributed by atoms with E-state index >= 15 is 0 Å². The third-order valence-electron chi connectivity index (χ3n) is 2.91. The number of hydrogen-bond donors (Lipinski definition) is 0. The van der Waals surface area contributed by atoms with Gasteiger partial charge in [0.15, 0.2) is 0 Å². The number of rotatable bonds is 2. The molecule has 0 unspecified atom stereocenters. The van der Waals surface area contributed by atoms with Crippen molar-refractivity contribution in [1.29, 1.82) is 0 Å². The van der Waals surface area contributed by atoms with Crippen LogP contribution in [0.1, 0.15) is 24.6 Å². The molecule has 1 heterocycles. The SMILES string of the molecule is Fc1ccc(-c2c(Cl)nc(C3CC3)nc2Cl)cc1. The van der Waals surface area contributed by atoms with Crippen molar-refractivity contribution in [3.05, 3.63) is 46.2 Å². The van der Waals surface area contributed by atoms with Crippen LogP contribution in [0.15, 0.2) is 24.3 Å². The second-order valence-electron chi connectivity index (χ2n) is 4.32. The smallest absolute Gasteiger partial charge is 0.142 e. The van der Waals surface area contributed by atoms with Crippen molar-refractivity contribution in [2.45, 2.75) is 18.8 Å². The molecule has 5 heteroatoms. The molecule has 92 valence electrons. The van der Waals surface area contributed by atoms with Gasteiger partial charge in [-0.3, -0.25) is 0 Å². The first-order valence-electron chi connectivity index (χ1n) is 5.64. The van der Waals surface area contributed by atoms with Gasteiger partial charge in [0.05, 0.1) is 5.56 Å². The zero-order valence-electron chi connectivity index (χ0n) is 9.33. The summed E-state index contributed by atoms with van der Waals surface area (Å²) in [6.45, 7) is 0. The summed E-state index contributed by atoms with van der Waals surface area (Å²) in [6, 6.07) is 5.94. The summed E-state index contributed by atoms with van der Waals surface area (Å²) in [4.78, 5) is 8.54. The second-order valence-corrected chi connectivity index (χ2v) is 5.04. The lowest BCUT2D eigenvalue weighted by molar-refractivity contribution is 0.628. The van der Waals surface area contributed by atoms with Gasteiger partial charge in [0.1, 0.15) is 21.9 Å². The molecule has 0 bridgehead atoms. The predicted molar refractivity (Wildman–Crippen MR) is 69.4 cm³/mol. The molecular weight excluding hydrogens is 274 g/mol. The fourth-order valence-electron chi connectivity index (χ4n) is 1.80. The minimum Gasteiger partial charge on any atom is -0.220 e. The van der Waals surface area contributed by atoms with E-state index in [-0.39, 0.29) is 5.82 Å². The molecule has 0 N–H and O–H groups in total. The molecule has 0 radical (unpaired) electrons. The highest BCUT2D eigenvalue weighted by Crippen LogP contribution is 2.41. The molecule has 1 aliphatic carbocycles. The lowest BCUT2D eigenvalue weighted by Gasteiger charge is -2.08. The fraction of sp³-hybridized carbons (Fsp3) is 0.231. The van der Waals surface area contributed by atoms with E-state index in [2.05, 4.69) is 9.97 Å². The Kier molecular flexibility index (Phi) is 2.96. The van der Waals surface area contributed by atoms with E-state index < -0.39 is 0 Å². The Labute approximate surface area is 114 Å². The van der Waals surface area contributed by atoms with E-state index in [4.69, 9.17) is 23.2 Å². The third kappa shape index (κ3) is 2.20. The van der Waals surface area contributed by atoms with Crippen LogP contribution in [0.4, 0.5) is 4.39 Å². The summed E-state index contributed by atoms with van der Waals surface area (Å²) in [5.41, 5.74) is 1.27. The summed E-state index contributed by atoms with van der Waals surface area (Å²) < 4.78 is 12.9. The molecule has 0 spiro atoms. The fourth-order valence-corrected chi connectivity index (χ4v) is 2.42. The van der Waals surface area contributed by atoms with Crippen LogP contribution in [0.3, 0.4) is 0 Å². The Balaban J connectivity index is 2.08. The second kappa shape index (κ2) is 4.48. The Bertz CT molecular complexity index is 571. The molecule has 18 heavy (non-hydrogen) atoms. The minimum absolute atomic E-state index is 0.304. The molecule has 1 fully saturated rings. The maximum atomic E-state index is 12.9. The maximum absolute atomic E-state index is 12.9. The minimum atomic E-state index is -0.304. The summed E-state index contributed by atoms with van der Waals surface area (Å²) in [7, 11) is 0. The van der Waals surface area contributed by atoms with Crippen LogP contribution < -0.4 is 0 Å². The van der Waals surface area contributed by atoms with Gasteiger partial charge < -0.3 is 0 Å². The maximum Gasteiger partial charge on any atom is 0.142 e. The summed E-state index contributed by atoms with van der Waals surface area (Å²) in [5, 5.41) is 0.645. The standard InChI is InChI=1S/C13H9Cl2FN2/c14-11-10(7-3-5-9(16)6-4-7)12(15)18-13(17-11)8-1-2-8/h3-6,8H,1-2H2. The number of nitrogens with zero attached hydrogens (tertiary/aromatic N) is 2. The Morgan fingerprint density at radius 3 is 2.06 bits per heavy atom. The van der Waals surface area contributed by atoms with Crippen molar-refractivity contribution in [3.8, 4) is 11.1 Å². The molecule has 1 aliphatic rings. The van der Waals surface area contributed by atoms with Gasteiger partial charge in [0.2, 0.25) is 0 Å². The highest BCUT2D eigenvalue weighted by molar-refractivity contribution is 6.37. The van der Waals surface area contributed by atoms with Crippen LogP contribution >= 0.6 is 23.2 Å². The molecule has 0 aliphatic heterocycles. The van der Waals surface area contributed by atoms with Crippen molar-refractivity contribution < 1.29 is 4.39 Å². The first kappa shape index (κ1) is 11.9.